The summed E-state index contributed by atoms with van der Waals surface area (Å²) in [6.07, 6.45) is -4.04. The van der Waals surface area contributed by atoms with Crippen molar-refractivity contribution in [2.45, 2.75) is 32.0 Å². The molecular formula is C21H21F3N2O4. The minimum atomic E-state index is -4.57. The van der Waals surface area contributed by atoms with Gasteiger partial charge in [0.2, 0.25) is 0 Å². The molecule has 0 radical (unpaired) electrons. The smallest absolute Gasteiger partial charge is 0.416 e. The van der Waals surface area contributed by atoms with Crippen LogP contribution >= 0.6 is 0 Å². The van der Waals surface area contributed by atoms with Crippen LogP contribution in [-0.4, -0.2) is 31.7 Å². The lowest BCUT2D eigenvalue weighted by molar-refractivity contribution is -0.137. The summed E-state index contributed by atoms with van der Waals surface area (Å²) in [7, 11) is 1.26. The van der Waals surface area contributed by atoms with Crippen molar-refractivity contribution >= 4 is 28.9 Å². The number of hydrogen-bond donors (Lipinski definition) is 2. The van der Waals surface area contributed by atoms with Gasteiger partial charge in [0, 0.05) is 12.3 Å². The van der Waals surface area contributed by atoms with Gasteiger partial charge in [-0.05, 0) is 55.7 Å². The fourth-order valence-corrected chi connectivity index (χ4v) is 3.18. The van der Waals surface area contributed by atoms with Gasteiger partial charge in [-0.2, -0.15) is 13.2 Å². The molecule has 0 bridgehead atoms. The van der Waals surface area contributed by atoms with E-state index in [-0.39, 0.29) is 11.4 Å². The van der Waals surface area contributed by atoms with Crippen molar-refractivity contribution in [3.05, 3.63) is 53.1 Å². The predicted molar refractivity (Wildman–Crippen MR) is 105 cm³/mol. The molecule has 1 heterocycles. The molecule has 9 heteroatoms. The third kappa shape index (κ3) is 4.73. The van der Waals surface area contributed by atoms with E-state index in [0.29, 0.717) is 36.3 Å². The van der Waals surface area contributed by atoms with Crippen molar-refractivity contribution in [1.29, 1.82) is 0 Å². The SMILES string of the molecule is COC(=O)c1cccc(Nc2ccc(C(F)(F)F)cc2NC(=O)[C@H]2CCCO2)c1C. The number of amides is 1. The third-order valence-corrected chi connectivity index (χ3v) is 4.84. The highest BCUT2D eigenvalue weighted by Crippen LogP contribution is 2.36. The van der Waals surface area contributed by atoms with E-state index in [1.807, 2.05) is 0 Å². The van der Waals surface area contributed by atoms with Crippen molar-refractivity contribution in [2.75, 3.05) is 24.4 Å². The van der Waals surface area contributed by atoms with Crippen LogP contribution in [0.25, 0.3) is 0 Å². The number of methoxy groups -OCH3 is 1. The van der Waals surface area contributed by atoms with Crippen LogP contribution in [-0.2, 0) is 20.4 Å². The monoisotopic (exact) mass is 422 g/mol. The molecule has 0 saturated carbocycles. The second-order valence-corrected chi connectivity index (χ2v) is 6.84. The van der Waals surface area contributed by atoms with E-state index in [1.54, 1.807) is 25.1 Å². The summed E-state index contributed by atoms with van der Waals surface area (Å²) in [5.41, 5.74) is 0.689. The molecule has 3 rings (SSSR count). The standard InChI is InChI=1S/C21H21F3N2O4/c1-12-14(20(28)29-2)5-3-6-15(12)25-16-9-8-13(21(22,23)24)11-17(16)26-19(27)18-7-4-10-30-18/h3,5-6,8-9,11,18,25H,4,7,10H2,1-2H3,(H,26,27)/t18-/m1/s1. The molecule has 1 amide bonds. The molecule has 1 atom stereocenters. The Bertz CT molecular complexity index is 954. The van der Waals surface area contributed by atoms with E-state index in [0.717, 1.165) is 12.1 Å². The molecule has 0 aromatic heterocycles. The molecule has 2 aromatic carbocycles. The molecule has 2 N–H and O–H groups in total. The Kier molecular flexibility index (Phi) is 6.31. The number of hydrogen-bond acceptors (Lipinski definition) is 5. The highest BCUT2D eigenvalue weighted by molar-refractivity contribution is 5.98. The third-order valence-electron chi connectivity index (χ3n) is 4.84. The van der Waals surface area contributed by atoms with Crippen molar-refractivity contribution in [3.8, 4) is 0 Å². The average molecular weight is 422 g/mol. The average Bonchev–Trinajstić information content (AvgIpc) is 3.24. The Morgan fingerprint density at radius 1 is 1.13 bits per heavy atom. The zero-order valence-electron chi connectivity index (χ0n) is 16.4. The molecule has 30 heavy (non-hydrogen) atoms. The minimum Gasteiger partial charge on any atom is -0.465 e. The number of nitrogens with one attached hydrogen (secondary N) is 2. The van der Waals surface area contributed by atoms with E-state index < -0.39 is 29.7 Å². The Morgan fingerprint density at radius 3 is 2.53 bits per heavy atom. The first kappa shape index (κ1) is 21.6. The normalized spacial score (nSPS) is 16.2. The molecule has 0 spiro atoms. The summed E-state index contributed by atoms with van der Waals surface area (Å²) >= 11 is 0. The molecule has 0 aliphatic carbocycles. The Morgan fingerprint density at radius 2 is 1.90 bits per heavy atom. The van der Waals surface area contributed by atoms with Crippen LogP contribution in [0.5, 0.6) is 0 Å². The zero-order valence-corrected chi connectivity index (χ0v) is 16.4. The number of halogens is 3. The van der Waals surface area contributed by atoms with Crippen molar-refractivity contribution < 1.29 is 32.2 Å². The number of rotatable bonds is 5. The summed E-state index contributed by atoms with van der Waals surface area (Å²) < 4.78 is 49.7. The van der Waals surface area contributed by atoms with Gasteiger partial charge in [-0.1, -0.05) is 6.07 Å². The van der Waals surface area contributed by atoms with Gasteiger partial charge in [0.05, 0.1) is 29.6 Å². The summed E-state index contributed by atoms with van der Waals surface area (Å²) in [4.78, 5) is 24.3. The minimum absolute atomic E-state index is 0.0341. The topological polar surface area (TPSA) is 76.7 Å². The van der Waals surface area contributed by atoms with E-state index in [9.17, 15) is 22.8 Å². The fourth-order valence-electron chi connectivity index (χ4n) is 3.18. The van der Waals surface area contributed by atoms with Crippen molar-refractivity contribution in [3.63, 3.8) is 0 Å². The molecular weight excluding hydrogens is 401 g/mol. The van der Waals surface area contributed by atoms with Crippen molar-refractivity contribution in [2.24, 2.45) is 0 Å². The molecule has 1 saturated heterocycles. The van der Waals surface area contributed by atoms with E-state index in [4.69, 9.17) is 9.47 Å². The number of carbonyl (C=O) groups is 2. The lowest BCUT2D eigenvalue weighted by Gasteiger charge is -2.19. The molecule has 160 valence electrons. The first-order valence-electron chi connectivity index (χ1n) is 9.29. The van der Waals surface area contributed by atoms with Gasteiger partial charge in [0.1, 0.15) is 6.10 Å². The quantitative estimate of drug-likeness (QED) is 0.686. The molecule has 1 aliphatic heterocycles. The fraction of sp³-hybridized carbons (Fsp3) is 0.333. The van der Waals surface area contributed by atoms with E-state index >= 15 is 0 Å². The Labute approximate surface area is 171 Å². The van der Waals surface area contributed by atoms with Crippen LogP contribution in [0.4, 0.5) is 30.2 Å². The van der Waals surface area contributed by atoms with Gasteiger partial charge >= 0.3 is 12.1 Å². The first-order valence-corrected chi connectivity index (χ1v) is 9.29. The second-order valence-electron chi connectivity index (χ2n) is 6.84. The maximum Gasteiger partial charge on any atom is 0.416 e. The summed E-state index contributed by atoms with van der Waals surface area (Å²) in [5.74, 6) is -1.04. The van der Waals surface area contributed by atoms with Crippen LogP contribution in [0.2, 0.25) is 0 Å². The maximum atomic E-state index is 13.2. The van der Waals surface area contributed by atoms with Crippen LogP contribution in [0.1, 0.15) is 34.3 Å². The number of anilines is 3. The Balaban J connectivity index is 1.95. The highest BCUT2D eigenvalue weighted by atomic mass is 19.4. The van der Waals surface area contributed by atoms with Crippen LogP contribution in [0.3, 0.4) is 0 Å². The largest absolute Gasteiger partial charge is 0.465 e. The summed E-state index contributed by atoms with van der Waals surface area (Å²) in [6, 6.07) is 7.90. The highest BCUT2D eigenvalue weighted by Gasteiger charge is 2.32. The lowest BCUT2D eigenvalue weighted by atomic mass is 10.1. The number of ether oxygens (including phenoxy) is 2. The molecule has 0 unspecified atom stereocenters. The molecule has 2 aromatic rings. The maximum absolute atomic E-state index is 13.2. The van der Waals surface area contributed by atoms with Gasteiger partial charge < -0.3 is 20.1 Å². The Hall–Kier alpha value is -3.07. The summed E-state index contributed by atoms with van der Waals surface area (Å²) in [5, 5.41) is 5.54. The lowest BCUT2D eigenvalue weighted by Crippen LogP contribution is -2.27. The summed E-state index contributed by atoms with van der Waals surface area (Å²) in [6.45, 7) is 2.12. The molecule has 1 fully saturated rings. The molecule has 1 aliphatic rings. The zero-order chi connectivity index (χ0) is 21.9. The van der Waals surface area contributed by atoms with E-state index in [2.05, 4.69) is 10.6 Å². The number of carbonyl (C=O) groups excluding carboxylic acids is 2. The second kappa shape index (κ2) is 8.74. The molecule has 6 nitrogen and oxygen atoms in total. The van der Waals surface area contributed by atoms with Gasteiger partial charge in [0.15, 0.2) is 0 Å². The number of esters is 1. The van der Waals surface area contributed by atoms with Crippen LogP contribution < -0.4 is 10.6 Å². The van der Waals surface area contributed by atoms with Crippen LogP contribution in [0, 0.1) is 6.92 Å². The van der Waals surface area contributed by atoms with Crippen LogP contribution in [0.15, 0.2) is 36.4 Å². The number of alkyl halides is 3. The van der Waals surface area contributed by atoms with Gasteiger partial charge in [-0.15, -0.1) is 0 Å². The van der Waals surface area contributed by atoms with E-state index in [1.165, 1.54) is 13.2 Å². The van der Waals surface area contributed by atoms with Gasteiger partial charge in [0.25, 0.3) is 5.91 Å². The van der Waals surface area contributed by atoms with Gasteiger partial charge in [-0.25, -0.2) is 4.79 Å². The number of benzene rings is 2. The van der Waals surface area contributed by atoms with Gasteiger partial charge in [-0.3, -0.25) is 4.79 Å². The first-order chi connectivity index (χ1) is 14.2. The van der Waals surface area contributed by atoms with Crippen molar-refractivity contribution in [1.82, 2.24) is 0 Å². The predicted octanol–water partition coefficient (Wildman–Crippen LogP) is 4.66.